The van der Waals surface area contributed by atoms with Gasteiger partial charge < -0.3 is 9.31 Å². The molecule has 9 rings (SSSR count). The van der Waals surface area contributed by atoms with Gasteiger partial charge in [-0.1, -0.05) is 125 Å². The van der Waals surface area contributed by atoms with Crippen molar-refractivity contribution in [1.82, 2.24) is 0 Å². The van der Waals surface area contributed by atoms with Crippen molar-refractivity contribution < 1.29 is 9.31 Å². The van der Waals surface area contributed by atoms with Gasteiger partial charge in [-0.25, -0.2) is 0 Å². The third-order valence-electron chi connectivity index (χ3n) is 14.5. The van der Waals surface area contributed by atoms with E-state index < -0.39 is 0 Å². The molecule has 51 heavy (non-hydrogen) atoms. The van der Waals surface area contributed by atoms with E-state index in [9.17, 15) is 0 Å². The fourth-order valence-corrected chi connectivity index (χ4v) is 10.1. The minimum atomic E-state index is -0.359. The van der Waals surface area contributed by atoms with Crippen LogP contribution < -0.4 is 5.46 Å². The summed E-state index contributed by atoms with van der Waals surface area (Å²) in [6, 6.07) is 33.3. The maximum atomic E-state index is 6.56. The summed E-state index contributed by atoms with van der Waals surface area (Å²) >= 11 is 0. The van der Waals surface area contributed by atoms with Gasteiger partial charge in [-0.05, 0) is 151 Å². The third-order valence-corrected chi connectivity index (χ3v) is 14.5. The smallest absolute Gasteiger partial charge is 0.399 e. The summed E-state index contributed by atoms with van der Waals surface area (Å²) in [4.78, 5) is 0. The van der Waals surface area contributed by atoms with E-state index in [0.717, 1.165) is 18.3 Å². The molecule has 4 fully saturated rings. The Morgan fingerprint density at radius 2 is 0.980 bits per heavy atom. The lowest BCUT2D eigenvalue weighted by Gasteiger charge is -2.52. The van der Waals surface area contributed by atoms with Gasteiger partial charge in [0, 0.05) is 5.41 Å². The highest BCUT2D eigenvalue weighted by molar-refractivity contribution is 6.62. The molecule has 2 nitrogen and oxygen atoms in total. The minimum absolute atomic E-state index is 0.0111. The molecule has 4 aromatic carbocycles. The van der Waals surface area contributed by atoms with Crippen molar-refractivity contribution in [3.8, 4) is 33.4 Å². The zero-order valence-electron chi connectivity index (χ0n) is 32.5. The first-order valence-electron chi connectivity index (χ1n) is 20.3. The van der Waals surface area contributed by atoms with Crippen LogP contribution in [0.3, 0.4) is 0 Å². The van der Waals surface area contributed by atoms with Gasteiger partial charge in [0.1, 0.15) is 0 Å². The normalized spacial score (nSPS) is 25.2. The van der Waals surface area contributed by atoms with Crippen LogP contribution >= 0.6 is 0 Å². The molecule has 1 saturated heterocycles. The van der Waals surface area contributed by atoms with Crippen LogP contribution in [0.1, 0.15) is 142 Å². The summed E-state index contributed by atoms with van der Waals surface area (Å²) in [5.74, 6) is 0. The molecule has 0 spiro atoms. The van der Waals surface area contributed by atoms with Crippen molar-refractivity contribution in [3.63, 3.8) is 0 Å². The highest BCUT2D eigenvalue weighted by Gasteiger charge is 2.52. The molecule has 0 unspecified atom stereocenters. The molecule has 5 aliphatic rings. The Labute approximate surface area is 308 Å². The van der Waals surface area contributed by atoms with Crippen LogP contribution in [0.4, 0.5) is 0 Å². The van der Waals surface area contributed by atoms with E-state index in [4.69, 9.17) is 9.31 Å². The van der Waals surface area contributed by atoms with Crippen LogP contribution in [-0.4, -0.2) is 18.3 Å². The van der Waals surface area contributed by atoms with Gasteiger partial charge in [0.25, 0.3) is 0 Å². The Morgan fingerprint density at radius 3 is 1.51 bits per heavy atom. The highest BCUT2D eigenvalue weighted by Crippen LogP contribution is 2.58. The topological polar surface area (TPSA) is 18.5 Å². The standard InChI is InChI=1S/C48H59BO2/c1-8-10-24-48(25-11-9-2)42-32-37(18-22-40(42)41-23-21-39(33-43(41)48)49-50-44(3,4)45(5,6)51-49)36-14-12-34(13-15-36)35-16-19-38(20-17-35)47-29-26-46(7,27-30-47)28-31-47/h12-23,32-33H,8-11,24-31H2,1-7H3. The second-order valence-corrected chi connectivity index (χ2v) is 18.2. The lowest BCUT2D eigenvalue weighted by molar-refractivity contribution is 0.00578. The van der Waals surface area contributed by atoms with Gasteiger partial charge >= 0.3 is 7.12 Å². The summed E-state index contributed by atoms with van der Waals surface area (Å²) in [6.45, 7) is 15.8. The first kappa shape index (κ1) is 34.9. The molecular formula is C48H59BO2. The Hall–Kier alpha value is -3.14. The Bertz CT molecular complexity index is 1850. The van der Waals surface area contributed by atoms with E-state index in [1.165, 1.54) is 109 Å². The van der Waals surface area contributed by atoms with E-state index >= 15 is 0 Å². The van der Waals surface area contributed by atoms with E-state index in [0.29, 0.717) is 10.8 Å². The van der Waals surface area contributed by atoms with Crippen molar-refractivity contribution in [2.45, 2.75) is 148 Å². The van der Waals surface area contributed by atoms with Crippen molar-refractivity contribution in [3.05, 3.63) is 102 Å². The van der Waals surface area contributed by atoms with Crippen LogP contribution in [0, 0.1) is 5.41 Å². The van der Waals surface area contributed by atoms with Gasteiger partial charge in [-0.3, -0.25) is 0 Å². The van der Waals surface area contributed by atoms with Crippen LogP contribution in [0.2, 0.25) is 0 Å². The monoisotopic (exact) mass is 678 g/mol. The Balaban J connectivity index is 1.10. The van der Waals surface area contributed by atoms with Crippen molar-refractivity contribution in [2.75, 3.05) is 0 Å². The van der Waals surface area contributed by atoms with E-state index in [2.05, 4.69) is 133 Å². The zero-order chi connectivity index (χ0) is 35.6. The lowest BCUT2D eigenvalue weighted by Crippen LogP contribution is -2.42. The van der Waals surface area contributed by atoms with Crippen molar-refractivity contribution in [1.29, 1.82) is 0 Å². The molecule has 0 aromatic heterocycles. The maximum Gasteiger partial charge on any atom is 0.494 e. The maximum absolute atomic E-state index is 6.56. The number of unbranched alkanes of at least 4 members (excludes halogenated alkanes) is 2. The minimum Gasteiger partial charge on any atom is -0.399 e. The molecule has 4 aromatic rings. The van der Waals surface area contributed by atoms with E-state index in [-0.39, 0.29) is 23.7 Å². The average molecular weight is 679 g/mol. The molecule has 1 aliphatic heterocycles. The molecule has 3 heteroatoms. The van der Waals surface area contributed by atoms with E-state index in [1.807, 2.05) is 0 Å². The summed E-state index contributed by atoms with van der Waals surface area (Å²) < 4.78 is 13.1. The Morgan fingerprint density at radius 1 is 0.529 bits per heavy atom. The summed E-state index contributed by atoms with van der Waals surface area (Å²) in [5, 5.41) is 0. The number of rotatable bonds is 10. The Kier molecular flexibility index (Phi) is 8.74. The van der Waals surface area contributed by atoms with Crippen LogP contribution in [0.25, 0.3) is 33.4 Å². The van der Waals surface area contributed by atoms with Crippen LogP contribution in [0.15, 0.2) is 84.9 Å². The summed E-state index contributed by atoms with van der Waals surface area (Å²) in [6.07, 6.45) is 15.4. The van der Waals surface area contributed by atoms with Crippen LogP contribution in [0.5, 0.6) is 0 Å². The number of fused-ring (bicyclic) bond motifs is 6. The van der Waals surface area contributed by atoms with Crippen LogP contribution in [-0.2, 0) is 20.1 Å². The molecule has 2 bridgehead atoms. The molecule has 0 N–H and O–H groups in total. The molecule has 3 saturated carbocycles. The largest absolute Gasteiger partial charge is 0.494 e. The number of hydrogen-bond acceptors (Lipinski definition) is 2. The fourth-order valence-electron chi connectivity index (χ4n) is 10.1. The highest BCUT2D eigenvalue weighted by atomic mass is 16.7. The molecule has 1 heterocycles. The molecule has 4 aliphatic carbocycles. The zero-order valence-corrected chi connectivity index (χ0v) is 32.5. The van der Waals surface area contributed by atoms with Gasteiger partial charge in [-0.2, -0.15) is 0 Å². The first-order valence-corrected chi connectivity index (χ1v) is 20.3. The van der Waals surface area contributed by atoms with Crippen molar-refractivity contribution in [2.24, 2.45) is 5.41 Å². The average Bonchev–Trinajstić information content (AvgIpc) is 3.54. The van der Waals surface area contributed by atoms with E-state index in [1.54, 1.807) is 5.56 Å². The van der Waals surface area contributed by atoms with Crippen molar-refractivity contribution >= 4 is 12.6 Å². The second kappa shape index (κ2) is 12.8. The lowest BCUT2D eigenvalue weighted by atomic mass is 9.52. The van der Waals surface area contributed by atoms with Gasteiger partial charge in [0.2, 0.25) is 0 Å². The summed E-state index contributed by atoms with van der Waals surface area (Å²) in [5.41, 5.74) is 14.0. The quantitative estimate of drug-likeness (QED) is 0.155. The second-order valence-electron chi connectivity index (χ2n) is 18.2. The molecular weight excluding hydrogens is 619 g/mol. The van der Waals surface area contributed by atoms with Gasteiger partial charge in [-0.15, -0.1) is 0 Å². The number of hydrogen-bond donors (Lipinski definition) is 0. The molecule has 0 radical (unpaired) electrons. The predicted molar refractivity (Wildman–Crippen MR) is 216 cm³/mol. The SMILES string of the molecule is CCCCC1(CCCC)c2cc(B3OC(C)(C)C(C)(C)O3)ccc2-c2ccc(-c3ccc(-c4ccc(C56CCC(C)(CC5)CC6)cc4)cc3)cc21. The molecule has 0 amide bonds. The van der Waals surface area contributed by atoms with Gasteiger partial charge in [0.05, 0.1) is 11.2 Å². The third kappa shape index (κ3) is 5.86. The fraction of sp³-hybridized carbons (Fsp3) is 0.500. The van der Waals surface area contributed by atoms with Gasteiger partial charge in [0.15, 0.2) is 0 Å². The molecule has 266 valence electrons. The number of benzene rings is 4. The predicted octanol–water partition coefficient (Wildman–Crippen LogP) is 12.6. The summed E-state index contributed by atoms with van der Waals surface area (Å²) in [7, 11) is -0.352. The first-order chi connectivity index (χ1) is 24.4. The molecule has 0 atom stereocenters.